The maximum absolute atomic E-state index is 10.5. The van der Waals surface area contributed by atoms with E-state index in [4.69, 9.17) is 5.11 Å². The SMILES string of the molecule is CCC(c1ccc(Br)cc1)N(C)CCCC(=O)O. The Morgan fingerprint density at radius 2 is 2.00 bits per heavy atom. The van der Waals surface area contributed by atoms with Gasteiger partial charge in [0.05, 0.1) is 0 Å². The van der Waals surface area contributed by atoms with Crippen LogP contribution in [0, 0.1) is 0 Å². The third-order valence-electron chi connectivity index (χ3n) is 3.07. The first kappa shape index (κ1) is 15.2. The lowest BCUT2D eigenvalue weighted by atomic mass is 10.0. The average molecular weight is 314 g/mol. The van der Waals surface area contributed by atoms with Crippen molar-refractivity contribution in [2.24, 2.45) is 0 Å². The lowest BCUT2D eigenvalue weighted by Gasteiger charge is -2.27. The first-order valence-electron chi connectivity index (χ1n) is 6.22. The molecule has 1 aromatic carbocycles. The molecule has 1 N–H and O–H groups in total. The van der Waals surface area contributed by atoms with Gasteiger partial charge in [0.2, 0.25) is 0 Å². The Kier molecular flexibility index (Phi) is 6.36. The van der Waals surface area contributed by atoms with Crippen LogP contribution in [0.3, 0.4) is 0 Å². The molecule has 1 aromatic rings. The molecular formula is C14H20BrNO2. The lowest BCUT2D eigenvalue weighted by molar-refractivity contribution is -0.137. The largest absolute Gasteiger partial charge is 0.481 e. The fraction of sp³-hybridized carbons (Fsp3) is 0.500. The first-order valence-corrected chi connectivity index (χ1v) is 7.01. The molecular weight excluding hydrogens is 294 g/mol. The second-order valence-corrected chi connectivity index (χ2v) is 5.37. The van der Waals surface area contributed by atoms with E-state index in [0.29, 0.717) is 12.5 Å². The summed E-state index contributed by atoms with van der Waals surface area (Å²) < 4.78 is 1.08. The predicted molar refractivity (Wildman–Crippen MR) is 76.7 cm³/mol. The number of carboxylic acid groups (broad SMARTS) is 1. The topological polar surface area (TPSA) is 40.5 Å². The van der Waals surface area contributed by atoms with Gasteiger partial charge in [0.1, 0.15) is 0 Å². The highest BCUT2D eigenvalue weighted by atomic mass is 79.9. The highest BCUT2D eigenvalue weighted by Crippen LogP contribution is 2.24. The van der Waals surface area contributed by atoms with Crippen molar-refractivity contribution in [3.8, 4) is 0 Å². The molecule has 0 bridgehead atoms. The van der Waals surface area contributed by atoms with E-state index in [1.165, 1.54) is 5.56 Å². The summed E-state index contributed by atoms with van der Waals surface area (Å²) in [6.07, 6.45) is 1.95. The number of nitrogens with zero attached hydrogens (tertiary/aromatic N) is 1. The van der Waals surface area contributed by atoms with Crippen molar-refractivity contribution in [2.45, 2.75) is 32.2 Å². The number of carbonyl (C=O) groups is 1. The van der Waals surface area contributed by atoms with Crippen molar-refractivity contribution < 1.29 is 9.90 Å². The number of hydrogen-bond donors (Lipinski definition) is 1. The Balaban J connectivity index is 2.59. The van der Waals surface area contributed by atoms with Crippen LogP contribution in [-0.2, 0) is 4.79 Å². The van der Waals surface area contributed by atoms with E-state index in [9.17, 15) is 4.79 Å². The van der Waals surface area contributed by atoms with Gasteiger partial charge in [0, 0.05) is 16.9 Å². The molecule has 0 heterocycles. The Bertz CT molecular complexity index is 378. The summed E-state index contributed by atoms with van der Waals surface area (Å²) in [7, 11) is 2.05. The number of halogens is 1. The zero-order chi connectivity index (χ0) is 13.5. The zero-order valence-electron chi connectivity index (χ0n) is 10.9. The van der Waals surface area contributed by atoms with Gasteiger partial charge in [0.15, 0.2) is 0 Å². The minimum Gasteiger partial charge on any atom is -0.481 e. The molecule has 0 aromatic heterocycles. The molecule has 0 saturated carbocycles. The van der Waals surface area contributed by atoms with E-state index in [1.54, 1.807) is 0 Å². The minimum absolute atomic E-state index is 0.237. The Morgan fingerprint density at radius 3 is 2.50 bits per heavy atom. The molecule has 0 radical (unpaired) electrons. The smallest absolute Gasteiger partial charge is 0.303 e. The maximum atomic E-state index is 10.5. The van der Waals surface area contributed by atoms with Crippen molar-refractivity contribution in [1.82, 2.24) is 4.90 Å². The van der Waals surface area contributed by atoms with E-state index in [0.717, 1.165) is 17.4 Å². The van der Waals surface area contributed by atoms with Gasteiger partial charge in [-0.2, -0.15) is 0 Å². The van der Waals surface area contributed by atoms with Gasteiger partial charge < -0.3 is 5.11 Å². The zero-order valence-corrected chi connectivity index (χ0v) is 12.5. The number of carboxylic acids is 1. The average Bonchev–Trinajstić information content (AvgIpc) is 2.32. The van der Waals surface area contributed by atoms with E-state index < -0.39 is 5.97 Å². The summed E-state index contributed by atoms with van der Waals surface area (Å²) in [6, 6.07) is 8.68. The lowest BCUT2D eigenvalue weighted by Crippen LogP contribution is -2.25. The van der Waals surface area contributed by atoms with Gasteiger partial charge in [-0.3, -0.25) is 9.69 Å². The molecule has 0 aliphatic heterocycles. The Labute approximate surface area is 117 Å². The monoisotopic (exact) mass is 313 g/mol. The van der Waals surface area contributed by atoms with Gasteiger partial charge >= 0.3 is 5.97 Å². The summed E-state index contributed by atoms with van der Waals surface area (Å²) in [5.74, 6) is -0.722. The molecule has 18 heavy (non-hydrogen) atoms. The Hall–Kier alpha value is -0.870. The second kappa shape index (κ2) is 7.54. The van der Waals surface area contributed by atoms with Crippen LogP contribution in [0.15, 0.2) is 28.7 Å². The third-order valence-corrected chi connectivity index (χ3v) is 3.60. The van der Waals surface area contributed by atoms with E-state index in [2.05, 4.69) is 46.9 Å². The summed E-state index contributed by atoms with van der Waals surface area (Å²) in [5.41, 5.74) is 1.28. The molecule has 1 rings (SSSR count). The standard InChI is InChI=1S/C14H20BrNO2/c1-3-13(11-6-8-12(15)9-7-11)16(2)10-4-5-14(17)18/h6-9,13H,3-5,10H2,1-2H3,(H,17,18). The molecule has 0 aliphatic rings. The molecule has 100 valence electrons. The fourth-order valence-electron chi connectivity index (χ4n) is 2.12. The van der Waals surface area contributed by atoms with Gasteiger partial charge in [-0.05, 0) is 44.1 Å². The van der Waals surface area contributed by atoms with Crippen LogP contribution in [0.2, 0.25) is 0 Å². The molecule has 3 nitrogen and oxygen atoms in total. The van der Waals surface area contributed by atoms with Gasteiger partial charge in [-0.15, -0.1) is 0 Å². The molecule has 1 unspecified atom stereocenters. The number of benzene rings is 1. The normalized spacial score (nSPS) is 12.7. The van der Waals surface area contributed by atoms with Gasteiger partial charge in [-0.25, -0.2) is 0 Å². The number of hydrogen-bond acceptors (Lipinski definition) is 2. The maximum Gasteiger partial charge on any atom is 0.303 e. The van der Waals surface area contributed by atoms with Crippen LogP contribution in [0.4, 0.5) is 0 Å². The van der Waals surface area contributed by atoms with Crippen molar-refractivity contribution in [3.05, 3.63) is 34.3 Å². The first-order chi connectivity index (χ1) is 8.54. The molecule has 4 heteroatoms. The van der Waals surface area contributed by atoms with Crippen molar-refractivity contribution in [2.75, 3.05) is 13.6 Å². The summed E-state index contributed by atoms with van der Waals surface area (Å²) in [4.78, 5) is 12.7. The number of aliphatic carboxylic acids is 1. The quantitative estimate of drug-likeness (QED) is 0.834. The fourth-order valence-corrected chi connectivity index (χ4v) is 2.39. The Morgan fingerprint density at radius 1 is 1.39 bits per heavy atom. The predicted octanol–water partition coefficient (Wildman–Crippen LogP) is 3.70. The van der Waals surface area contributed by atoms with Crippen LogP contribution in [0.25, 0.3) is 0 Å². The van der Waals surface area contributed by atoms with E-state index in [-0.39, 0.29) is 6.42 Å². The summed E-state index contributed by atoms with van der Waals surface area (Å²) in [5, 5.41) is 8.65. The van der Waals surface area contributed by atoms with Crippen LogP contribution in [0.5, 0.6) is 0 Å². The summed E-state index contributed by atoms with van der Waals surface area (Å²) in [6.45, 7) is 2.96. The second-order valence-electron chi connectivity index (χ2n) is 4.45. The van der Waals surface area contributed by atoms with Crippen LogP contribution < -0.4 is 0 Å². The molecule has 0 saturated heterocycles. The van der Waals surface area contributed by atoms with Gasteiger partial charge in [0.25, 0.3) is 0 Å². The van der Waals surface area contributed by atoms with E-state index in [1.807, 2.05) is 12.1 Å². The van der Waals surface area contributed by atoms with Crippen LogP contribution >= 0.6 is 15.9 Å². The van der Waals surface area contributed by atoms with Gasteiger partial charge in [-0.1, -0.05) is 35.0 Å². The van der Waals surface area contributed by atoms with Crippen molar-refractivity contribution in [1.29, 1.82) is 0 Å². The third kappa shape index (κ3) is 4.78. The highest BCUT2D eigenvalue weighted by Gasteiger charge is 2.14. The molecule has 0 aliphatic carbocycles. The minimum atomic E-state index is -0.722. The number of rotatable bonds is 7. The van der Waals surface area contributed by atoms with Crippen molar-refractivity contribution >= 4 is 21.9 Å². The molecule has 0 amide bonds. The molecule has 1 atom stereocenters. The molecule has 0 fully saturated rings. The summed E-state index contributed by atoms with van der Waals surface area (Å²) >= 11 is 3.43. The highest BCUT2D eigenvalue weighted by molar-refractivity contribution is 9.10. The van der Waals surface area contributed by atoms with Crippen LogP contribution in [-0.4, -0.2) is 29.6 Å². The molecule has 0 spiro atoms. The van der Waals surface area contributed by atoms with Crippen molar-refractivity contribution in [3.63, 3.8) is 0 Å². The van der Waals surface area contributed by atoms with E-state index >= 15 is 0 Å². The van der Waals surface area contributed by atoms with Crippen LogP contribution in [0.1, 0.15) is 37.8 Å².